The SMILES string of the molecule is NC1(c2ccc(CN3CCCC3)c(Br)c2)CCCCC1. The summed E-state index contributed by atoms with van der Waals surface area (Å²) in [4.78, 5) is 2.54. The van der Waals surface area contributed by atoms with Crippen molar-refractivity contribution < 1.29 is 0 Å². The molecule has 2 nitrogen and oxygen atoms in total. The predicted molar refractivity (Wildman–Crippen MR) is 87.6 cm³/mol. The lowest BCUT2D eigenvalue weighted by Crippen LogP contribution is -2.38. The molecule has 0 radical (unpaired) electrons. The normalized spacial score (nSPS) is 23.1. The first-order valence-electron chi connectivity index (χ1n) is 7.98. The van der Waals surface area contributed by atoms with Crippen molar-refractivity contribution in [1.29, 1.82) is 0 Å². The van der Waals surface area contributed by atoms with Crippen LogP contribution in [-0.4, -0.2) is 18.0 Å². The largest absolute Gasteiger partial charge is 0.321 e. The number of nitrogens with zero attached hydrogens (tertiary/aromatic N) is 1. The van der Waals surface area contributed by atoms with Gasteiger partial charge in [0.05, 0.1) is 0 Å². The van der Waals surface area contributed by atoms with Gasteiger partial charge in [-0.15, -0.1) is 0 Å². The minimum atomic E-state index is -0.0903. The highest BCUT2D eigenvalue weighted by Gasteiger charge is 2.29. The van der Waals surface area contributed by atoms with Crippen LogP contribution in [-0.2, 0) is 12.1 Å². The molecule has 0 amide bonds. The van der Waals surface area contributed by atoms with Crippen LogP contribution in [0.15, 0.2) is 22.7 Å². The Labute approximate surface area is 130 Å². The quantitative estimate of drug-likeness (QED) is 0.897. The topological polar surface area (TPSA) is 29.3 Å². The summed E-state index contributed by atoms with van der Waals surface area (Å²) in [5.74, 6) is 0. The van der Waals surface area contributed by atoms with Gasteiger partial charge in [0.1, 0.15) is 0 Å². The van der Waals surface area contributed by atoms with E-state index in [1.165, 1.54) is 60.8 Å². The van der Waals surface area contributed by atoms with Crippen molar-refractivity contribution in [3.63, 3.8) is 0 Å². The van der Waals surface area contributed by atoms with Gasteiger partial charge in [-0.2, -0.15) is 0 Å². The van der Waals surface area contributed by atoms with Crippen LogP contribution in [0.4, 0.5) is 0 Å². The number of nitrogens with two attached hydrogens (primary N) is 1. The van der Waals surface area contributed by atoms with Gasteiger partial charge in [-0.05, 0) is 56.0 Å². The van der Waals surface area contributed by atoms with Gasteiger partial charge in [-0.25, -0.2) is 0 Å². The molecule has 0 bridgehead atoms. The molecular weight excluding hydrogens is 312 g/mol. The number of benzene rings is 1. The van der Waals surface area contributed by atoms with Crippen LogP contribution in [0.3, 0.4) is 0 Å². The second kappa shape index (κ2) is 6.17. The Kier molecular flexibility index (Phi) is 4.49. The van der Waals surface area contributed by atoms with E-state index in [9.17, 15) is 0 Å². The number of halogens is 1. The van der Waals surface area contributed by atoms with E-state index >= 15 is 0 Å². The maximum atomic E-state index is 6.63. The van der Waals surface area contributed by atoms with Crippen LogP contribution in [0.5, 0.6) is 0 Å². The molecule has 3 heteroatoms. The summed E-state index contributed by atoms with van der Waals surface area (Å²) in [6, 6.07) is 6.82. The van der Waals surface area contributed by atoms with Gasteiger partial charge in [0.2, 0.25) is 0 Å². The molecule has 0 spiro atoms. The van der Waals surface area contributed by atoms with E-state index in [0.29, 0.717) is 0 Å². The molecule has 1 aromatic rings. The Hall–Kier alpha value is -0.380. The first kappa shape index (κ1) is 14.6. The summed E-state index contributed by atoms with van der Waals surface area (Å²) in [7, 11) is 0. The molecule has 3 rings (SSSR count). The fourth-order valence-corrected chi connectivity index (χ4v) is 4.14. The highest BCUT2D eigenvalue weighted by molar-refractivity contribution is 9.10. The highest BCUT2D eigenvalue weighted by Crippen LogP contribution is 2.36. The van der Waals surface area contributed by atoms with Crippen molar-refractivity contribution in [3.8, 4) is 0 Å². The summed E-state index contributed by atoms with van der Waals surface area (Å²) in [6.07, 6.45) is 8.83. The van der Waals surface area contributed by atoms with E-state index < -0.39 is 0 Å². The summed E-state index contributed by atoms with van der Waals surface area (Å²) >= 11 is 3.76. The van der Waals surface area contributed by atoms with Gasteiger partial charge in [-0.3, -0.25) is 4.90 Å². The van der Waals surface area contributed by atoms with Crippen LogP contribution in [0, 0.1) is 0 Å². The fourth-order valence-electron chi connectivity index (χ4n) is 3.64. The third-order valence-corrected chi connectivity index (χ3v) is 5.70. The Balaban J connectivity index is 1.76. The monoisotopic (exact) mass is 336 g/mol. The fraction of sp³-hybridized carbons (Fsp3) is 0.647. The van der Waals surface area contributed by atoms with E-state index in [4.69, 9.17) is 5.73 Å². The van der Waals surface area contributed by atoms with E-state index in [1.54, 1.807) is 0 Å². The van der Waals surface area contributed by atoms with Gasteiger partial charge < -0.3 is 5.73 Å². The maximum absolute atomic E-state index is 6.63. The molecule has 2 N–H and O–H groups in total. The standard InChI is InChI=1S/C17H25BrN2/c18-16-12-15(17(19)8-2-1-3-9-17)7-6-14(16)13-20-10-4-5-11-20/h6-7,12H,1-5,8-11,13,19H2. The first-order chi connectivity index (χ1) is 9.67. The van der Waals surface area contributed by atoms with Crippen LogP contribution < -0.4 is 5.73 Å². The Bertz CT molecular complexity index is 460. The minimum absolute atomic E-state index is 0.0903. The van der Waals surface area contributed by atoms with Crippen LogP contribution >= 0.6 is 15.9 Å². The molecule has 1 aliphatic heterocycles. The summed E-state index contributed by atoms with van der Waals surface area (Å²) < 4.78 is 1.23. The van der Waals surface area contributed by atoms with Crippen molar-refractivity contribution in [2.75, 3.05) is 13.1 Å². The molecule has 1 aromatic carbocycles. The molecule has 0 unspecified atom stereocenters. The van der Waals surface area contributed by atoms with E-state index in [0.717, 1.165) is 19.4 Å². The number of hydrogen-bond donors (Lipinski definition) is 1. The Morgan fingerprint density at radius 2 is 1.75 bits per heavy atom. The smallest absolute Gasteiger partial charge is 0.0410 e. The van der Waals surface area contributed by atoms with Crippen LogP contribution in [0.25, 0.3) is 0 Å². The van der Waals surface area contributed by atoms with E-state index in [1.807, 2.05) is 0 Å². The first-order valence-corrected chi connectivity index (χ1v) is 8.77. The minimum Gasteiger partial charge on any atom is -0.321 e. The molecule has 2 fully saturated rings. The molecule has 2 aliphatic rings. The Morgan fingerprint density at radius 3 is 2.40 bits per heavy atom. The van der Waals surface area contributed by atoms with Gasteiger partial charge >= 0.3 is 0 Å². The average molecular weight is 337 g/mol. The zero-order valence-corrected chi connectivity index (χ0v) is 13.8. The van der Waals surface area contributed by atoms with Gasteiger partial charge in [0.25, 0.3) is 0 Å². The molecule has 1 heterocycles. The molecule has 20 heavy (non-hydrogen) atoms. The third kappa shape index (κ3) is 3.10. The lowest BCUT2D eigenvalue weighted by atomic mass is 9.77. The van der Waals surface area contributed by atoms with Crippen molar-refractivity contribution in [1.82, 2.24) is 4.90 Å². The summed E-state index contributed by atoms with van der Waals surface area (Å²) in [5, 5.41) is 0. The van der Waals surface area contributed by atoms with Crippen molar-refractivity contribution >= 4 is 15.9 Å². The van der Waals surface area contributed by atoms with Crippen molar-refractivity contribution in [3.05, 3.63) is 33.8 Å². The highest BCUT2D eigenvalue weighted by atomic mass is 79.9. The lowest BCUT2D eigenvalue weighted by molar-refractivity contribution is 0.301. The lowest BCUT2D eigenvalue weighted by Gasteiger charge is -2.34. The van der Waals surface area contributed by atoms with Crippen molar-refractivity contribution in [2.24, 2.45) is 5.73 Å². The maximum Gasteiger partial charge on any atom is 0.0410 e. The molecule has 110 valence electrons. The average Bonchev–Trinajstić information content (AvgIpc) is 2.95. The number of likely N-dealkylation sites (tertiary alicyclic amines) is 1. The zero-order chi connectivity index (χ0) is 14.0. The second-order valence-corrected chi connectivity index (χ2v) is 7.36. The summed E-state index contributed by atoms with van der Waals surface area (Å²) in [6.45, 7) is 3.56. The predicted octanol–water partition coefficient (Wildman–Crippen LogP) is 4.16. The Morgan fingerprint density at radius 1 is 1.05 bits per heavy atom. The van der Waals surface area contributed by atoms with E-state index in [2.05, 4.69) is 39.0 Å². The zero-order valence-electron chi connectivity index (χ0n) is 12.2. The van der Waals surface area contributed by atoms with Crippen LogP contribution in [0.2, 0.25) is 0 Å². The third-order valence-electron chi connectivity index (χ3n) is 4.97. The molecule has 1 saturated carbocycles. The molecule has 1 saturated heterocycles. The molecular formula is C17H25BrN2. The van der Waals surface area contributed by atoms with Gasteiger partial charge in [0, 0.05) is 16.6 Å². The second-order valence-electron chi connectivity index (χ2n) is 6.51. The summed E-state index contributed by atoms with van der Waals surface area (Å²) in [5.41, 5.74) is 9.25. The van der Waals surface area contributed by atoms with Gasteiger partial charge in [-0.1, -0.05) is 47.3 Å². The van der Waals surface area contributed by atoms with Crippen LogP contribution in [0.1, 0.15) is 56.1 Å². The molecule has 0 atom stereocenters. The van der Waals surface area contributed by atoms with Crippen molar-refractivity contribution in [2.45, 2.75) is 57.0 Å². The molecule has 0 aromatic heterocycles. The van der Waals surface area contributed by atoms with E-state index in [-0.39, 0.29) is 5.54 Å². The number of hydrogen-bond acceptors (Lipinski definition) is 2. The van der Waals surface area contributed by atoms with Gasteiger partial charge in [0.15, 0.2) is 0 Å². The molecule has 1 aliphatic carbocycles. The number of rotatable bonds is 3.